The van der Waals surface area contributed by atoms with E-state index in [1.54, 1.807) is 14.2 Å². The van der Waals surface area contributed by atoms with Crippen LogP contribution in [0, 0.1) is 0 Å². The van der Waals surface area contributed by atoms with Gasteiger partial charge in [0.15, 0.2) is 0 Å². The van der Waals surface area contributed by atoms with Crippen LogP contribution in [0.5, 0.6) is 17.2 Å². The van der Waals surface area contributed by atoms with Crippen LogP contribution in [0.3, 0.4) is 0 Å². The van der Waals surface area contributed by atoms with Crippen molar-refractivity contribution in [1.29, 1.82) is 0 Å². The van der Waals surface area contributed by atoms with Gasteiger partial charge in [0, 0.05) is 62.5 Å². The monoisotopic (exact) mass is 677 g/mol. The molecule has 2 aromatic heterocycles. The van der Waals surface area contributed by atoms with Crippen molar-refractivity contribution in [3.63, 3.8) is 0 Å². The Hall–Kier alpha value is -6.20. The highest BCUT2D eigenvalue weighted by molar-refractivity contribution is 6.09. The van der Waals surface area contributed by atoms with Crippen molar-refractivity contribution in [2.24, 2.45) is 0 Å². The van der Waals surface area contributed by atoms with Crippen molar-refractivity contribution in [3.05, 3.63) is 154 Å². The second-order valence-electron chi connectivity index (χ2n) is 14.1. The number of ether oxygens (including phenoxy) is 3. The highest BCUT2D eigenvalue weighted by atomic mass is 16.5. The summed E-state index contributed by atoms with van der Waals surface area (Å²) < 4.78 is 28.0. The standard InChI is InChI=1S/C47H35NO4/c1-49-42-25-44-37(23-35(42)31-20-19-27-11-3-4-12-28(27)29-13-5-6-14-30(29)31)46-41(51-44)22-21-34-36-24-40(45(50-2)26-43(36)52-47(34)46)48-38-17-9-7-15-32(38)33-16-8-10-18-39(33)48/h3-18,21,23-26,31,41H,19-20,22H2,1-2H3. The zero-order valence-electron chi connectivity index (χ0n) is 29.0. The fourth-order valence-corrected chi connectivity index (χ4v) is 9.26. The summed E-state index contributed by atoms with van der Waals surface area (Å²) >= 11 is 0. The van der Waals surface area contributed by atoms with E-state index < -0.39 is 0 Å². The molecule has 0 amide bonds. The molecule has 0 spiro atoms. The molecule has 0 radical (unpaired) electrons. The molecule has 11 rings (SSSR count). The first-order chi connectivity index (χ1) is 25.7. The average molecular weight is 678 g/mol. The molecule has 0 N–H and O–H groups in total. The number of hydrogen-bond donors (Lipinski definition) is 0. The molecule has 52 heavy (non-hydrogen) atoms. The van der Waals surface area contributed by atoms with Crippen LogP contribution in [0.2, 0.25) is 0 Å². The van der Waals surface area contributed by atoms with Crippen molar-refractivity contribution in [2.45, 2.75) is 31.3 Å². The lowest BCUT2D eigenvalue weighted by atomic mass is 9.83. The Morgan fingerprint density at radius 3 is 2.15 bits per heavy atom. The van der Waals surface area contributed by atoms with Gasteiger partial charge in [-0.15, -0.1) is 0 Å². The summed E-state index contributed by atoms with van der Waals surface area (Å²) in [5.74, 6) is 2.62. The van der Waals surface area contributed by atoms with Gasteiger partial charge >= 0.3 is 0 Å². The van der Waals surface area contributed by atoms with Crippen LogP contribution in [0.15, 0.2) is 126 Å². The number of hydrogen-bond acceptors (Lipinski definition) is 4. The first kappa shape index (κ1) is 29.5. The van der Waals surface area contributed by atoms with Gasteiger partial charge in [-0.2, -0.15) is 0 Å². The van der Waals surface area contributed by atoms with E-state index in [1.165, 1.54) is 38.6 Å². The molecule has 3 heterocycles. The van der Waals surface area contributed by atoms with Gasteiger partial charge in [-0.3, -0.25) is 0 Å². The quantitative estimate of drug-likeness (QED) is 0.186. The predicted octanol–water partition coefficient (Wildman–Crippen LogP) is 9.44. The molecule has 2 atom stereocenters. The molecule has 8 aromatic rings. The topological polar surface area (TPSA) is 45.8 Å². The zero-order chi connectivity index (χ0) is 34.5. The van der Waals surface area contributed by atoms with Gasteiger partial charge < -0.3 is 23.2 Å². The summed E-state index contributed by atoms with van der Waals surface area (Å²) in [6.07, 6.45) is 4.87. The minimum atomic E-state index is -0.132. The number of aryl methyl sites for hydroxylation is 1. The molecule has 1 aliphatic heterocycles. The van der Waals surface area contributed by atoms with Crippen molar-refractivity contribution in [2.75, 3.05) is 14.2 Å². The van der Waals surface area contributed by atoms with Gasteiger partial charge in [0.2, 0.25) is 0 Å². The number of para-hydroxylation sites is 2. The summed E-state index contributed by atoms with van der Waals surface area (Å²) in [6.45, 7) is 0. The van der Waals surface area contributed by atoms with Crippen LogP contribution >= 0.6 is 0 Å². The fourth-order valence-electron chi connectivity index (χ4n) is 9.26. The van der Waals surface area contributed by atoms with E-state index >= 15 is 0 Å². The molecular weight excluding hydrogens is 643 g/mol. The number of aromatic nitrogens is 1. The van der Waals surface area contributed by atoms with Crippen molar-refractivity contribution < 1.29 is 18.6 Å². The minimum absolute atomic E-state index is 0.132. The number of benzene rings is 6. The van der Waals surface area contributed by atoms with E-state index in [1.807, 2.05) is 6.07 Å². The average Bonchev–Trinajstić information content (AvgIpc) is 3.82. The molecule has 6 aromatic carbocycles. The molecule has 0 saturated heterocycles. The Morgan fingerprint density at radius 1 is 0.654 bits per heavy atom. The second-order valence-corrected chi connectivity index (χ2v) is 14.1. The third-order valence-corrected chi connectivity index (χ3v) is 11.6. The number of furan rings is 1. The van der Waals surface area contributed by atoms with Crippen molar-refractivity contribution in [1.82, 2.24) is 4.57 Å². The molecule has 2 unspecified atom stereocenters. The molecule has 0 fully saturated rings. The fraction of sp³-hybridized carbons (Fsp3) is 0.149. The maximum atomic E-state index is 6.84. The van der Waals surface area contributed by atoms with Crippen LogP contribution in [-0.2, 0) is 6.42 Å². The molecule has 3 aliphatic rings. The maximum absolute atomic E-state index is 6.84. The van der Waals surface area contributed by atoms with E-state index in [9.17, 15) is 0 Å². The van der Waals surface area contributed by atoms with Gasteiger partial charge in [-0.05, 0) is 59.4 Å². The summed E-state index contributed by atoms with van der Waals surface area (Å²) in [6, 6.07) is 43.5. The van der Waals surface area contributed by atoms with E-state index in [0.717, 1.165) is 86.0 Å². The highest BCUT2D eigenvalue weighted by Gasteiger charge is 2.36. The predicted molar refractivity (Wildman–Crippen MR) is 207 cm³/mol. The first-order valence-corrected chi connectivity index (χ1v) is 18.1. The number of rotatable bonds is 4. The van der Waals surface area contributed by atoms with Crippen LogP contribution in [0.4, 0.5) is 0 Å². The van der Waals surface area contributed by atoms with Crippen LogP contribution < -0.4 is 24.8 Å². The Kier molecular flexibility index (Phi) is 6.33. The summed E-state index contributed by atoms with van der Waals surface area (Å²) in [5, 5.41) is 4.60. The van der Waals surface area contributed by atoms with E-state index in [4.69, 9.17) is 18.6 Å². The first-order valence-electron chi connectivity index (χ1n) is 18.1. The van der Waals surface area contributed by atoms with E-state index in [0.29, 0.717) is 0 Å². The molecule has 5 heteroatoms. The lowest BCUT2D eigenvalue weighted by Gasteiger charge is -2.22. The molecule has 0 saturated carbocycles. The highest BCUT2D eigenvalue weighted by Crippen LogP contribution is 2.49. The lowest BCUT2D eigenvalue weighted by molar-refractivity contribution is 0.278. The Bertz CT molecular complexity index is 2860. The Morgan fingerprint density at radius 2 is 1.37 bits per heavy atom. The van der Waals surface area contributed by atoms with Gasteiger partial charge in [0.25, 0.3) is 0 Å². The molecule has 2 aliphatic carbocycles. The summed E-state index contributed by atoms with van der Waals surface area (Å²) in [7, 11) is 3.50. The third-order valence-electron chi connectivity index (χ3n) is 11.6. The van der Waals surface area contributed by atoms with Gasteiger partial charge in [-0.25, -0.2) is 0 Å². The smallest absolute Gasteiger partial charge is 0.146 e. The molecule has 5 nitrogen and oxygen atoms in total. The lowest BCUT2D eigenvalue weighted by Crippen LogP contribution is -2.32. The number of nitrogens with zero attached hydrogens (tertiary/aromatic N) is 1. The maximum Gasteiger partial charge on any atom is 0.146 e. The third kappa shape index (κ3) is 4.11. The summed E-state index contributed by atoms with van der Waals surface area (Å²) in [5.41, 5.74) is 13.6. The largest absolute Gasteiger partial charge is 0.496 e. The van der Waals surface area contributed by atoms with Crippen molar-refractivity contribution in [3.8, 4) is 34.1 Å². The van der Waals surface area contributed by atoms with E-state index in [2.05, 4.69) is 126 Å². The minimum Gasteiger partial charge on any atom is -0.496 e. The second kappa shape index (κ2) is 11.1. The van der Waals surface area contributed by atoms with E-state index in [-0.39, 0.29) is 12.0 Å². The van der Waals surface area contributed by atoms with Crippen LogP contribution in [0.25, 0.3) is 61.2 Å². The normalized spacial score (nSPS) is 17.1. The molecule has 0 bridgehead atoms. The van der Waals surface area contributed by atoms with Crippen molar-refractivity contribution >= 4 is 44.4 Å². The molecule has 252 valence electrons. The van der Waals surface area contributed by atoms with Gasteiger partial charge in [0.1, 0.15) is 34.4 Å². The SMILES string of the molecule is COc1cc2c(cc1C1CCc3ccccc3-c3ccccc31)C1=c3oc4cc(OC)c(-n5c6ccccc6c6ccccc65)cc4c3=CCC1O2. The van der Waals surface area contributed by atoms with Gasteiger partial charge in [0.05, 0.1) is 30.9 Å². The van der Waals surface area contributed by atoms with Crippen LogP contribution in [0.1, 0.15) is 41.0 Å². The number of methoxy groups -OCH3 is 2. The Balaban J connectivity index is 1.12. The Labute approximate surface area is 300 Å². The van der Waals surface area contributed by atoms with Crippen LogP contribution in [-0.4, -0.2) is 24.9 Å². The number of fused-ring (bicyclic) bond motifs is 12. The van der Waals surface area contributed by atoms with Gasteiger partial charge in [-0.1, -0.05) is 91.0 Å². The zero-order valence-corrected chi connectivity index (χ0v) is 29.0. The molecular formula is C47H35NO4. The summed E-state index contributed by atoms with van der Waals surface area (Å²) in [4.78, 5) is 0.